The SMILES string of the molecule is CC1CCc2c1n[nH]c2CN. The number of nitrogens with zero attached hydrogens (tertiary/aromatic N) is 1. The van der Waals surface area contributed by atoms with Crippen LogP contribution in [-0.2, 0) is 13.0 Å². The van der Waals surface area contributed by atoms with Crippen LogP contribution in [0, 0.1) is 0 Å². The number of H-pyrrole nitrogens is 1. The second-order valence-corrected chi connectivity index (χ2v) is 3.21. The number of fused-ring (bicyclic) bond motifs is 1. The molecule has 11 heavy (non-hydrogen) atoms. The second-order valence-electron chi connectivity index (χ2n) is 3.21. The Labute approximate surface area is 66.0 Å². The van der Waals surface area contributed by atoms with Crippen molar-refractivity contribution in [2.24, 2.45) is 5.73 Å². The minimum absolute atomic E-state index is 0.592. The average Bonchev–Trinajstić information content (AvgIpc) is 2.53. The van der Waals surface area contributed by atoms with Crippen LogP contribution in [0.15, 0.2) is 0 Å². The fourth-order valence-corrected chi connectivity index (χ4v) is 1.77. The van der Waals surface area contributed by atoms with E-state index < -0.39 is 0 Å². The molecular weight excluding hydrogens is 138 g/mol. The molecular formula is C8H13N3. The van der Waals surface area contributed by atoms with Gasteiger partial charge < -0.3 is 5.73 Å². The minimum atomic E-state index is 0.592. The van der Waals surface area contributed by atoms with Crippen LogP contribution in [0.2, 0.25) is 0 Å². The summed E-state index contributed by atoms with van der Waals surface area (Å²) in [6.07, 6.45) is 2.39. The first-order chi connectivity index (χ1) is 5.33. The number of nitrogens with one attached hydrogen (secondary N) is 1. The molecule has 1 aromatic rings. The standard InChI is InChI=1S/C8H13N3/c1-5-2-3-6-7(4-9)10-11-8(5)6/h5H,2-4,9H2,1H3,(H,10,11). The van der Waals surface area contributed by atoms with Crippen LogP contribution in [-0.4, -0.2) is 10.2 Å². The molecule has 1 aromatic heterocycles. The lowest BCUT2D eigenvalue weighted by molar-refractivity contribution is 0.709. The van der Waals surface area contributed by atoms with Crippen LogP contribution in [0.3, 0.4) is 0 Å². The number of rotatable bonds is 1. The molecule has 3 nitrogen and oxygen atoms in total. The van der Waals surface area contributed by atoms with Crippen molar-refractivity contribution < 1.29 is 0 Å². The van der Waals surface area contributed by atoms with Crippen molar-refractivity contribution in [2.75, 3.05) is 0 Å². The molecule has 1 aliphatic rings. The lowest BCUT2D eigenvalue weighted by Crippen LogP contribution is -1.99. The van der Waals surface area contributed by atoms with Crippen LogP contribution >= 0.6 is 0 Å². The van der Waals surface area contributed by atoms with Gasteiger partial charge in [-0.05, 0) is 18.4 Å². The van der Waals surface area contributed by atoms with Crippen molar-refractivity contribution in [3.63, 3.8) is 0 Å². The summed E-state index contributed by atoms with van der Waals surface area (Å²) in [5.74, 6) is 0.626. The van der Waals surface area contributed by atoms with Crippen molar-refractivity contribution in [3.8, 4) is 0 Å². The molecule has 0 saturated carbocycles. The lowest BCUT2D eigenvalue weighted by Gasteiger charge is -1.94. The molecule has 0 amide bonds. The molecule has 1 unspecified atom stereocenters. The topological polar surface area (TPSA) is 54.7 Å². The van der Waals surface area contributed by atoms with E-state index in [1.807, 2.05) is 0 Å². The Morgan fingerprint density at radius 1 is 1.73 bits per heavy atom. The highest BCUT2D eigenvalue weighted by molar-refractivity contribution is 5.32. The monoisotopic (exact) mass is 151 g/mol. The van der Waals surface area contributed by atoms with Crippen LogP contribution < -0.4 is 5.73 Å². The third-order valence-corrected chi connectivity index (χ3v) is 2.48. The first kappa shape index (κ1) is 6.85. The number of aromatic nitrogens is 2. The number of aromatic amines is 1. The van der Waals surface area contributed by atoms with Crippen molar-refractivity contribution in [1.29, 1.82) is 0 Å². The molecule has 0 aromatic carbocycles. The zero-order chi connectivity index (χ0) is 7.84. The lowest BCUT2D eigenvalue weighted by atomic mass is 10.1. The zero-order valence-electron chi connectivity index (χ0n) is 6.72. The fraction of sp³-hybridized carbons (Fsp3) is 0.625. The predicted octanol–water partition coefficient (Wildman–Crippen LogP) is 0.918. The summed E-state index contributed by atoms with van der Waals surface area (Å²) >= 11 is 0. The zero-order valence-corrected chi connectivity index (χ0v) is 6.72. The van der Waals surface area contributed by atoms with Gasteiger partial charge in [-0.25, -0.2) is 0 Å². The van der Waals surface area contributed by atoms with Gasteiger partial charge in [-0.1, -0.05) is 6.92 Å². The van der Waals surface area contributed by atoms with E-state index in [1.54, 1.807) is 0 Å². The van der Waals surface area contributed by atoms with E-state index in [0.29, 0.717) is 12.5 Å². The van der Waals surface area contributed by atoms with E-state index in [0.717, 1.165) is 12.1 Å². The first-order valence-electron chi connectivity index (χ1n) is 4.09. The fourth-order valence-electron chi connectivity index (χ4n) is 1.77. The van der Waals surface area contributed by atoms with E-state index >= 15 is 0 Å². The van der Waals surface area contributed by atoms with Crippen LogP contribution in [0.1, 0.15) is 36.2 Å². The van der Waals surface area contributed by atoms with Crippen molar-refractivity contribution >= 4 is 0 Å². The summed E-state index contributed by atoms with van der Waals surface area (Å²) in [6.45, 7) is 2.81. The van der Waals surface area contributed by atoms with Crippen LogP contribution in [0.25, 0.3) is 0 Å². The summed E-state index contributed by atoms with van der Waals surface area (Å²) in [5, 5.41) is 7.22. The molecule has 1 heterocycles. The summed E-state index contributed by atoms with van der Waals surface area (Å²) in [7, 11) is 0. The Hall–Kier alpha value is -0.830. The van der Waals surface area contributed by atoms with Gasteiger partial charge in [0.05, 0.1) is 11.4 Å². The average molecular weight is 151 g/mol. The maximum Gasteiger partial charge on any atom is 0.0685 e. The summed E-state index contributed by atoms with van der Waals surface area (Å²) < 4.78 is 0. The van der Waals surface area contributed by atoms with Gasteiger partial charge in [0.1, 0.15) is 0 Å². The molecule has 0 bridgehead atoms. The maximum atomic E-state index is 5.54. The Balaban J connectivity index is 2.44. The van der Waals surface area contributed by atoms with Crippen molar-refractivity contribution in [1.82, 2.24) is 10.2 Å². The van der Waals surface area contributed by atoms with Crippen molar-refractivity contribution in [3.05, 3.63) is 17.0 Å². The number of hydrogen-bond donors (Lipinski definition) is 2. The van der Waals surface area contributed by atoms with Gasteiger partial charge in [0.2, 0.25) is 0 Å². The Morgan fingerprint density at radius 2 is 2.55 bits per heavy atom. The van der Waals surface area contributed by atoms with Gasteiger partial charge in [-0.15, -0.1) is 0 Å². The molecule has 0 saturated heterocycles. The molecule has 0 aliphatic heterocycles. The first-order valence-corrected chi connectivity index (χ1v) is 4.09. The third kappa shape index (κ3) is 0.878. The Bertz CT molecular complexity index is 264. The summed E-state index contributed by atoms with van der Waals surface area (Å²) in [5.41, 5.74) is 9.29. The molecule has 0 spiro atoms. The maximum absolute atomic E-state index is 5.54. The second kappa shape index (κ2) is 2.34. The van der Waals surface area contributed by atoms with Gasteiger partial charge in [0, 0.05) is 12.5 Å². The Kier molecular flexibility index (Phi) is 1.46. The summed E-state index contributed by atoms with van der Waals surface area (Å²) in [4.78, 5) is 0. The van der Waals surface area contributed by atoms with Crippen LogP contribution in [0.4, 0.5) is 0 Å². The largest absolute Gasteiger partial charge is 0.325 e. The van der Waals surface area contributed by atoms with E-state index in [2.05, 4.69) is 17.1 Å². The quantitative estimate of drug-likeness (QED) is 0.627. The highest BCUT2D eigenvalue weighted by atomic mass is 15.1. The molecule has 1 atom stereocenters. The molecule has 0 radical (unpaired) electrons. The van der Waals surface area contributed by atoms with E-state index in [9.17, 15) is 0 Å². The van der Waals surface area contributed by atoms with Gasteiger partial charge in [-0.3, -0.25) is 5.10 Å². The van der Waals surface area contributed by atoms with E-state index in [1.165, 1.54) is 17.7 Å². The van der Waals surface area contributed by atoms with E-state index in [-0.39, 0.29) is 0 Å². The molecule has 3 heteroatoms. The smallest absolute Gasteiger partial charge is 0.0685 e. The molecule has 0 fully saturated rings. The van der Waals surface area contributed by atoms with Gasteiger partial charge in [0.25, 0.3) is 0 Å². The number of nitrogens with two attached hydrogens (primary N) is 1. The number of hydrogen-bond acceptors (Lipinski definition) is 2. The normalized spacial score (nSPS) is 22.2. The third-order valence-electron chi connectivity index (χ3n) is 2.48. The predicted molar refractivity (Wildman–Crippen MR) is 43.2 cm³/mol. The summed E-state index contributed by atoms with van der Waals surface area (Å²) in [6, 6.07) is 0. The van der Waals surface area contributed by atoms with E-state index in [4.69, 9.17) is 5.73 Å². The van der Waals surface area contributed by atoms with Crippen LogP contribution in [0.5, 0.6) is 0 Å². The molecule has 2 rings (SSSR count). The minimum Gasteiger partial charge on any atom is -0.325 e. The highest BCUT2D eigenvalue weighted by Crippen LogP contribution is 2.32. The molecule has 3 N–H and O–H groups in total. The molecule has 1 aliphatic carbocycles. The molecule has 60 valence electrons. The van der Waals surface area contributed by atoms with Gasteiger partial charge in [0.15, 0.2) is 0 Å². The highest BCUT2D eigenvalue weighted by Gasteiger charge is 2.23. The van der Waals surface area contributed by atoms with Crippen molar-refractivity contribution in [2.45, 2.75) is 32.2 Å². The van der Waals surface area contributed by atoms with Gasteiger partial charge in [-0.2, -0.15) is 5.10 Å². The van der Waals surface area contributed by atoms with Gasteiger partial charge >= 0.3 is 0 Å². The Morgan fingerprint density at radius 3 is 3.27 bits per heavy atom.